The Balaban J connectivity index is 2.92. The molecule has 0 aliphatic rings. The fourth-order valence-corrected chi connectivity index (χ4v) is 1.22. The molecule has 0 radical (unpaired) electrons. The summed E-state index contributed by atoms with van der Waals surface area (Å²) in [6.07, 6.45) is 1.67. The first-order valence-electron chi connectivity index (χ1n) is 5.09. The van der Waals surface area contributed by atoms with Gasteiger partial charge >= 0.3 is 5.92 Å². The Bertz CT molecular complexity index is 419. The highest BCUT2D eigenvalue weighted by atomic mass is 35.5. The van der Waals surface area contributed by atoms with Crippen molar-refractivity contribution >= 4 is 17.4 Å². The number of hydrogen-bond acceptors (Lipinski definition) is 1. The van der Waals surface area contributed by atoms with Crippen LogP contribution in [0.4, 0.5) is 8.78 Å². The van der Waals surface area contributed by atoms with Crippen LogP contribution in [0.5, 0.6) is 0 Å². The lowest BCUT2D eigenvalue weighted by Gasteiger charge is -2.13. The lowest BCUT2D eigenvalue weighted by molar-refractivity contribution is 0.0379. The van der Waals surface area contributed by atoms with Gasteiger partial charge in [-0.1, -0.05) is 36.4 Å². The quantitative estimate of drug-likeness (QED) is 0.452. The zero-order valence-corrected chi connectivity index (χ0v) is 10.3. The summed E-state index contributed by atoms with van der Waals surface area (Å²) in [7, 11) is 0. The number of ketones is 1. The van der Waals surface area contributed by atoms with E-state index in [1.807, 2.05) is 0 Å². The van der Waals surface area contributed by atoms with Gasteiger partial charge < -0.3 is 0 Å². The highest BCUT2D eigenvalue weighted by Crippen LogP contribution is 2.24. The number of rotatable bonds is 4. The lowest BCUT2D eigenvalue weighted by atomic mass is 10.0. The zero-order valence-electron chi connectivity index (χ0n) is 9.58. The predicted molar refractivity (Wildman–Crippen MR) is 64.8 cm³/mol. The molecule has 0 N–H and O–H groups in total. The number of benzene rings is 1. The van der Waals surface area contributed by atoms with Gasteiger partial charge in [-0.3, -0.25) is 4.79 Å². The average molecular weight is 259 g/mol. The van der Waals surface area contributed by atoms with Crippen molar-refractivity contribution in [2.45, 2.75) is 24.6 Å². The molecule has 0 fully saturated rings. The van der Waals surface area contributed by atoms with E-state index in [-0.39, 0.29) is 5.56 Å². The number of hydrogen-bond donors (Lipinski definition) is 0. The van der Waals surface area contributed by atoms with Crippen molar-refractivity contribution in [1.29, 1.82) is 0 Å². The van der Waals surface area contributed by atoms with Gasteiger partial charge in [-0.2, -0.15) is 8.78 Å². The monoisotopic (exact) mass is 258 g/mol. The van der Waals surface area contributed by atoms with Crippen molar-refractivity contribution < 1.29 is 13.6 Å². The molecule has 0 bridgehead atoms. The summed E-state index contributed by atoms with van der Waals surface area (Å²) in [5.41, 5.74) is -0.0190. The van der Waals surface area contributed by atoms with Crippen molar-refractivity contribution in [3.63, 3.8) is 0 Å². The van der Waals surface area contributed by atoms with E-state index in [1.54, 1.807) is 32.0 Å². The van der Waals surface area contributed by atoms with E-state index in [0.717, 1.165) is 6.08 Å². The third kappa shape index (κ3) is 4.27. The van der Waals surface area contributed by atoms with Crippen LogP contribution in [-0.2, 0) is 0 Å². The average Bonchev–Trinajstić information content (AvgIpc) is 2.26. The number of carbonyl (C=O) groups excluding carboxylic acids is 1. The first kappa shape index (κ1) is 13.8. The van der Waals surface area contributed by atoms with Crippen LogP contribution in [0.15, 0.2) is 42.5 Å². The van der Waals surface area contributed by atoms with Crippen molar-refractivity contribution in [2.24, 2.45) is 0 Å². The highest BCUT2D eigenvalue weighted by molar-refractivity contribution is 6.24. The van der Waals surface area contributed by atoms with Crippen LogP contribution in [0.2, 0.25) is 0 Å². The van der Waals surface area contributed by atoms with Gasteiger partial charge in [-0.05, 0) is 19.9 Å². The first-order chi connectivity index (χ1) is 7.72. The Morgan fingerprint density at radius 3 is 2.18 bits per heavy atom. The Morgan fingerprint density at radius 2 is 1.71 bits per heavy atom. The third-order valence-corrected chi connectivity index (χ3v) is 2.15. The van der Waals surface area contributed by atoms with Crippen LogP contribution >= 0.6 is 11.6 Å². The first-order valence-corrected chi connectivity index (χ1v) is 5.47. The predicted octanol–water partition coefficient (Wildman–Crippen LogP) is 4.08. The van der Waals surface area contributed by atoms with Crippen LogP contribution in [0.25, 0.3) is 0 Å². The number of allylic oxidation sites excluding steroid dienone is 2. The Kier molecular flexibility index (Phi) is 4.04. The van der Waals surface area contributed by atoms with Gasteiger partial charge in [0.2, 0.25) is 5.78 Å². The molecule has 1 rings (SSSR count). The maximum Gasteiger partial charge on any atom is 0.328 e. The minimum Gasteiger partial charge on any atom is -0.287 e. The van der Waals surface area contributed by atoms with E-state index in [4.69, 9.17) is 11.6 Å². The molecule has 17 heavy (non-hydrogen) atoms. The third-order valence-electron chi connectivity index (χ3n) is 2.03. The van der Waals surface area contributed by atoms with Crippen LogP contribution in [0.3, 0.4) is 0 Å². The molecule has 0 atom stereocenters. The van der Waals surface area contributed by atoms with Crippen LogP contribution in [-0.4, -0.2) is 16.6 Å². The molecule has 0 spiro atoms. The van der Waals surface area contributed by atoms with E-state index in [0.29, 0.717) is 6.08 Å². The fourth-order valence-electron chi connectivity index (χ4n) is 1.16. The molecular weight excluding hydrogens is 246 g/mol. The molecule has 0 heterocycles. The Hall–Kier alpha value is -1.22. The largest absolute Gasteiger partial charge is 0.328 e. The summed E-state index contributed by atoms with van der Waals surface area (Å²) >= 11 is 5.76. The Labute approximate surface area is 104 Å². The Morgan fingerprint density at radius 1 is 1.18 bits per heavy atom. The van der Waals surface area contributed by atoms with Gasteiger partial charge in [-0.25, -0.2) is 0 Å². The number of halogens is 3. The molecule has 1 aromatic rings. The van der Waals surface area contributed by atoms with Crippen molar-refractivity contribution in [2.75, 3.05) is 0 Å². The molecule has 1 nitrogen and oxygen atoms in total. The van der Waals surface area contributed by atoms with E-state index in [9.17, 15) is 13.6 Å². The molecule has 0 saturated carbocycles. The smallest absolute Gasteiger partial charge is 0.287 e. The van der Waals surface area contributed by atoms with Crippen LogP contribution < -0.4 is 0 Å². The van der Waals surface area contributed by atoms with Crippen LogP contribution in [0.1, 0.15) is 24.2 Å². The zero-order chi connectivity index (χ0) is 13.1. The fraction of sp³-hybridized carbons (Fsp3) is 0.308. The molecule has 0 aliphatic carbocycles. The summed E-state index contributed by atoms with van der Waals surface area (Å²) in [5.74, 6) is -4.76. The van der Waals surface area contributed by atoms with Crippen molar-refractivity contribution in [1.82, 2.24) is 0 Å². The van der Waals surface area contributed by atoms with Gasteiger partial charge in [-0.15, -0.1) is 11.6 Å². The molecule has 4 heteroatoms. The van der Waals surface area contributed by atoms with Gasteiger partial charge in [0.05, 0.1) is 4.87 Å². The minimum absolute atomic E-state index is 0.0190. The van der Waals surface area contributed by atoms with Crippen molar-refractivity contribution in [3.05, 3.63) is 48.0 Å². The minimum atomic E-state index is -3.53. The van der Waals surface area contributed by atoms with Gasteiger partial charge in [0, 0.05) is 5.56 Å². The van der Waals surface area contributed by atoms with Gasteiger partial charge in [0.1, 0.15) is 0 Å². The number of carbonyl (C=O) groups is 1. The summed E-state index contributed by atoms with van der Waals surface area (Å²) in [6, 6.07) is 7.45. The van der Waals surface area contributed by atoms with E-state index in [1.165, 1.54) is 12.1 Å². The summed E-state index contributed by atoms with van der Waals surface area (Å²) in [6.45, 7) is 3.13. The second-order valence-electron chi connectivity index (χ2n) is 4.22. The maximum atomic E-state index is 13.5. The van der Waals surface area contributed by atoms with Crippen molar-refractivity contribution in [3.8, 4) is 0 Å². The maximum absolute atomic E-state index is 13.5. The molecule has 1 aromatic carbocycles. The van der Waals surface area contributed by atoms with E-state index in [2.05, 4.69) is 0 Å². The van der Waals surface area contributed by atoms with Crippen LogP contribution in [0, 0.1) is 0 Å². The molecule has 0 amide bonds. The molecular formula is C13H13ClF2O. The number of alkyl halides is 3. The highest BCUT2D eigenvalue weighted by Gasteiger charge is 2.36. The SMILES string of the molecule is CC(C)(Cl)/C=C/C(F)(F)C(=O)c1ccccc1. The second kappa shape index (κ2) is 4.96. The summed E-state index contributed by atoms with van der Waals surface area (Å²) in [4.78, 5) is 10.6. The number of Topliss-reactive ketones (excluding diaryl/α,β-unsaturated/α-hetero) is 1. The molecule has 0 aromatic heterocycles. The van der Waals surface area contributed by atoms with Gasteiger partial charge in [0.25, 0.3) is 0 Å². The van der Waals surface area contributed by atoms with E-state index >= 15 is 0 Å². The lowest BCUT2D eigenvalue weighted by Crippen LogP contribution is -2.27. The summed E-state index contributed by atoms with van der Waals surface area (Å²) < 4.78 is 27.1. The molecule has 92 valence electrons. The molecule has 0 aliphatic heterocycles. The van der Waals surface area contributed by atoms with Gasteiger partial charge in [0.15, 0.2) is 0 Å². The summed E-state index contributed by atoms with van der Waals surface area (Å²) in [5, 5.41) is 0. The topological polar surface area (TPSA) is 17.1 Å². The van der Waals surface area contributed by atoms with E-state index < -0.39 is 16.6 Å². The normalized spacial score (nSPS) is 13.0. The standard InChI is InChI=1S/C13H13ClF2O/c1-12(2,14)8-9-13(15,16)11(17)10-6-4-3-5-7-10/h3-9H,1-2H3/b9-8+. The molecule has 0 saturated heterocycles. The second-order valence-corrected chi connectivity index (χ2v) is 5.19. The molecule has 0 unspecified atom stereocenters.